The second-order valence-corrected chi connectivity index (χ2v) is 9.89. The monoisotopic (exact) mass is 460 g/mol. The van der Waals surface area contributed by atoms with E-state index in [9.17, 15) is 9.90 Å². The molecule has 4 saturated heterocycles. The molecule has 180 valence electrons. The fourth-order valence-electron chi connectivity index (χ4n) is 6.08. The number of fused-ring (bicyclic) bond motifs is 2. The van der Waals surface area contributed by atoms with Crippen molar-refractivity contribution < 1.29 is 38.6 Å². The van der Waals surface area contributed by atoms with Gasteiger partial charge in [0.1, 0.15) is 5.75 Å². The zero-order valence-electron chi connectivity index (χ0n) is 19.4. The maximum atomic E-state index is 12.7. The number of rotatable bonds is 4. The summed E-state index contributed by atoms with van der Waals surface area (Å²) in [6, 6.07) is 7.40. The minimum Gasteiger partial charge on any atom is -0.496 e. The van der Waals surface area contributed by atoms with Crippen LogP contribution in [0.25, 0.3) is 6.08 Å². The van der Waals surface area contributed by atoms with Crippen molar-refractivity contribution in [2.45, 2.75) is 70.1 Å². The number of ether oxygens (including phenoxy) is 4. The van der Waals surface area contributed by atoms with Gasteiger partial charge in [-0.25, -0.2) is 14.6 Å². The summed E-state index contributed by atoms with van der Waals surface area (Å²) in [6.45, 7) is 5.83. The van der Waals surface area contributed by atoms with Gasteiger partial charge in [0.05, 0.1) is 13.2 Å². The zero-order chi connectivity index (χ0) is 23.4. The number of esters is 1. The number of carbonyl (C=O) groups excluding carboxylic acids is 1. The topological polar surface area (TPSA) is 92.7 Å². The zero-order valence-corrected chi connectivity index (χ0v) is 19.4. The van der Waals surface area contributed by atoms with E-state index in [1.54, 1.807) is 13.2 Å². The predicted octanol–water partition coefficient (Wildman–Crippen LogP) is 3.43. The molecule has 5 fully saturated rings. The van der Waals surface area contributed by atoms with Crippen LogP contribution in [0.1, 0.15) is 45.6 Å². The highest BCUT2D eigenvalue weighted by Gasteiger charge is 2.71. The smallest absolute Gasteiger partial charge is 0.333 e. The predicted molar refractivity (Wildman–Crippen MR) is 116 cm³/mol. The Morgan fingerprint density at radius 3 is 2.76 bits per heavy atom. The summed E-state index contributed by atoms with van der Waals surface area (Å²) in [5, 5.41) is 10.8. The minimum atomic E-state index is -0.943. The van der Waals surface area contributed by atoms with E-state index < -0.39 is 36.0 Å². The molecule has 0 aromatic heterocycles. The van der Waals surface area contributed by atoms with Gasteiger partial charge in [0, 0.05) is 35.8 Å². The van der Waals surface area contributed by atoms with Crippen molar-refractivity contribution in [1.29, 1.82) is 0 Å². The summed E-state index contributed by atoms with van der Waals surface area (Å²) in [4.78, 5) is 24.5. The van der Waals surface area contributed by atoms with Gasteiger partial charge in [0.15, 0.2) is 11.9 Å². The summed E-state index contributed by atoms with van der Waals surface area (Å²) in [5.41, 5.74) is -0.0758. The number of aliphatic hydroxyl groups is 1. The van der Waals surface area contributed by atoms with Gasteiger partial charge < -0.3 is 24.1 Å². The molecule has 2 bridgehead atoms. The molecule has 1 aromatic rings. The minimum absolute atomic E-state index is 0.00474. The molecule has 8 heteroatoms. The Bertz CT molecular complexity index is 929. The number of para-hydroxylation sites is 1. The Balaban J connectivity index is 1.38. The summed E-state index contributed by atoms with van der Waals surface area (Å²) < 4.78 is 23.6. The molecule has 9 atom stereocenters. The number of aliphatic hydroxyl groups excluding tert-OH is 1. The van der Waals surface area contributed by atoms with Gasteiger partial charge in [0.25, 0.3) is 0 Å². The van der Waals surface area contributed by atoms with Gasteiger partial charge in [-0.05, 0) is 37.8 Å². The van der Waals surface area contributed by atoms with Crippen LogP contribution in [0.5, 0.6) is 5.75 Å². The number of methoxy groups -OCH3 is 1. The molecular formula is C25H32O8. The standard InChI is InChI=1S/C25H32O8/c1-14-17-11-12-24(3)31-23-25(17,33-32-24)18(13-19(14)26)15(2)22(30-23)29-21(27)10-9-16-7-5-6-8-20(16)28-4/h5-10,14-15,17-19,22-23,26H,11-13H2,1-4H3/b10-9+/t14-,15+,17-,18-,19+,22+,23+,24+,25+/m0/s1. The van der Waals surface area contributed by atoms with E-state index >= 15 is 0 Å². The summed E-state index contributed by atoms with van der Waals surface area (Å²) in [5.74, 6) is -1.19. The first-order chi connectivity index (χ1) is 15.8. The van der Waals surface area contributed by atoms with Gasteiger partial charge in [-0.1, -0.05) is 32.0 Å². The lowest BCUT2D eigenvalue weighted by molar-refractivity contribution is -0.577. The molecule has 1 spiro atoms. The van der Waals surface area contributed by atoms with Crippen LogP contribution in [0.2, 0.25) is 0 Å². The molecule has 8 nitrogen and oxygen atoms in total. The normalized spacial score (nSPS) is 44.2. The molecule has 4 aliphatic heterocycles. The van der Waals surface area contributed by atoms with Crippen molar-refractivity contribution in [3.05, 3.63) is 35.9 Å². The van der Waals surface area contributed by atoms with Gasteiger partial charge in [-0.15, -0.1) is 0 Å². The van der Waals surface area contributed by atoms with Crippen LogP contribution in [0.4, 0.5) is 0 Å². The molecule has 1 N–H and O–H groups in total. The lowest BCUT2D eigenvalue weighted by Crippen LogP contribution is -2.72. The third-order valence-corrected chi connectivity index (χ3v) is 7.98. The summed E-state index contributed by atoms with van der Waals surface area (Å²) in [7, 11) is 1.58. The van der Waals surface area contributed by atoms with Crippen molar-refractivity contribution >= 4 is 12.0 Å². The molecule has 5 aliphatic rings. The van der Waals surface area contributed by atoms with Crippen LogP contribution in [-0.2, 0) is 28.8 Å². The maximum absolute atomic E-state index is 12.7. The first-order valence-electron chi connectivity index (χ1n) is 11.7. The maximum Gasteiger partial charge on any atom is 0.333 e. The average molecular weight is 461 g/mol. The molecule has 1 aliphatic carbocycles. The van der Waals surface area contributed by atoms with E-state index in [-0.39, 0.29) is 23.7 Å². The number of hydrogen-bond acceptors (Lipinski definition) is 8. The van der Waals surface area contributed by atoms with Crippen LogP contribution < -0.4 is 4.74 Å². The third kappa shape index (κ3) is 3.68. The molecule has 0 unspecified atom stereocenters. The lowest BCUT2D eigenvalue weighted by atomic mass is 9.57. The van der Waals surface area contributed by atoms with E-state index in [2.05, 4.69) is 0 Å². The highest BCUT2D eigenvalue weighted by atomic mass is 17.3. The lowest BCUT2D eigenvalue weighted by Gasteiger charge is -2.60. The van der Waals surface area contributed by atoms with Crippen molar-refractivity contribution in [3.63, 3.8) is 0 Å². The van der Waals surface area contributed by atoms with Crippen LogP contribution in [-0.4, -0.2) is 48.3 Å². The first kappa shape index (κ1) is 22.8. The largest absolute Gasteiger partial charge is 0.496 e. The highest BCUT2D eigenvalue weighted by Crippen LogP contribution is 2.60. The van der Waals surface area contributed by atoms with E-state index in [0.717, 1.165) is 12.0 Å². The molecular weight excluding hydrogens is 428 g/mol. The molecule has 6 rings (SSSR count). The molecule has 0 radical (unpaired) electrons. The first-order valence-corrected chi connectivity index (χ1v) is 11.7. The van der Waals surface area contributed by atoms with E-state index in [4.69, 9.17) is 28.7 Å². The molecule has 33 heavy (non-hydrogen) atoms. The van der Waals surface area contributed by atoms with Crippen LogP contribution in [0, 0.1) is 23.7 Å². The fourth-order valence-corrected chi connectivity index (χ4v) is 6.08. The summed E-state index contributed by atoms with van der Waals surface area (Å²) >= 11 is 0. The van der Waals surface area contributed by atoms with Crippen molar-refractivity contribution in [2.24, 2.45) is 23.7 Å². The Morgan fingerprint density at radius 1 is 1.18 bits per heavy atom. The van der Waals surface area contributed by atoms with Crippen LogP contribution >= 0.6 is 0 Å². The van der Waals surface area contributed by atoms with Crippen molar-refractivity contribution in [2.75, 3.05) is 7.11 Å². The SMILES string of the molecule is COc1ccccc1/C=C/C(=O)O[C@@H]1O[C@@H]2O[C@@]3(C)CC[C@H]4[C@H](C)[C@H](O)C[C@@H]([C@H]1C)[C@@]24OO3. The Morgan fingerprint density at radius 2 is 1.97 bits per heavy atom. The summed E-state index contributed by atoms with van der Waals surface area (Å²) in [6.07, 6.45) is 2.85. The van der Waals surface area contributed by atoms with Gasteiger partial charge >= 0.3 is 5.97 Å². The molecule has 0 amide bonds. The average Bonchev–Trinajstić information content (AvgIpc) is 3.03. The van der Waals surface area contributed by atoms with Gasteiger partial charge in [-0.3, -0.25) is 0 Å². The number of hydrogen-bond donors (Lipinski definition) is 1. The molecule has 1 aromatic carbocycles. The van der Waals surface area contributed by atoms with Gasteiger partial charge in [-0.2, -0.15) is 0 Å². The molecule has 1 saturated carbocycles. The fraction of sp³-hybridized carbons (Fsp3) is 0.640. The Hall–Kier alpha value is -1.97. The second-order valence-electron chi connectivity index (χ2n) is 9.89. The second kappa shape index (κ2) is 8.36. The quantitative estimate of drug-likeness (QED) is 0.415. The van der Waals surface area contributed by atoms with Crippen molar-refractivity contribution in [1.82, 2.24) is 0 Å². The highest BCUT2D eigenvalue weighted by molar-refractivity contribution is 5.87. The Labute approximate surface area is 193 Å². The van der Waals surface area contributed by atoms with Gasteiger partial charge in [0.2, 0.25) is 12.1 Å². The van der Waals surface area contributed by atoms with Crippen LogP contribution in [0.3, 0.4) is 0 Å². The third-order valence-electron chi connectivity index (χ3n) is 7.98. The number of benzene rings is 1. The van der Waals surface area contributed by atoms with E-state index in [1.807, 2.05) is 45.0 Å². The van der Waals surface area contributed by atoms with E-state index in [0.29, 0.717) is 18.6 Å². The molecule has 4 heterocycles. The van der Waals surface area contributed by atoms with E-state index in [1.165, 1.54) is 6.08 Å². The number of carbonyl (C=O) groups is 1. The van der Waals surface area contributed by atoms with Crippen LogP contribution in [0.15, 0.2) is 30.3 Å². The van der Waals surface area contributed by atoms with Crippen molar-refractivity contribution in [3.8, 4) is 5.75 Å². The Kier molecular flexibility index (Phi) is 5.77.